The van der Waals surface area contributed by atoms with Crippen LogP contribution in [0.4, 0.5) is 14.5 Å². The van der Waals surface area contributed by atoms with Gasteiger partial charge in [0.1, 0.15) is 0 Å². The molecule has 0 bridgehead atoms. The predicted molar refractivity (Wildman–Crippen MR) is 39.7 cm³/mol. The van der Waals surface area contributed by atoms with Crippen LogP contribution in [0, 0.1) is 11.6 Å². The Kier molecular flexibility index (Phi) is 3.07. The zero-order valence-electron chi connectivity index (χ0n) is 5.34. The topological polar surface area (TPSA) is 46.2 Å². The molecule has 0 saturated carbocycles. The summed E-state index contributed by atoms with van der Waals surface area (Å²) in [7, 11) is 0. The molecule has 0 aliphatic heterocycles. The van der Waals surface area contributed by atoms with Crippen LogP contribution in [0.5, 0.6) is 5.75 Å². The van der Waals surface area contributed by atoms with Crippen molar-refractivity contribution in [3.8, 4) is 5.75 Å². The van der Waals surface area contributed by atoms with E-state index < -0.39 is 17.4 Å². The third kappa shape index (κ3) is 1.71. The summed E-state index contributed by atoms with van der Waals surface area (Å²) in [5.41, 5.74) is 4.72. The van der Waals surface area contributed by atoms with Crippen LogP contribution in [0.3, 0.4) is 0 Å². The van der Waals surface area contributed by atoms with Crippen molar-refractivity contribution in [3.63, 3.8) is 0 Å². The largest absolute Gasteiger partial charge is 0.503 e. The smallest absolute Gasteiger partial charge is 0.190 e. The number of rotatable bonds is 0. The van der Waals surface area contributed by atoms with Gasteiger partial charge in [-0.05, 0) is 12.1 Å². The second-order valence-electron chi connectivity index (χ2n) is 1.80. The highest BCUT2D eigenvalue weighted by Crippen LogP contribution is 2.23. The number of nitrogens with two attached hydrogens (primary N) is 1. The first-order valence-corrected chi connectivity index (χ1v) is 2.55. The zero-order valence-corrected chi connectivity index (χ0v) is 6.16. The van der Waals surface area contributed by atoms with Crippen molar-refractivity contribution < 1.29 is 13.9 Å². The Morgan fingerprint density at radius 1 is 1.27 bits per heavy atom. The predicted octanol–water partition coefficient (Wildman–Crippen LogP) is 1.67. The second kappa shape index (κ2) is 3.39. The van der Waals surface area contributed by atoms with Gasteiger partial charge in [-0.2, -0.15) is 0 Å². The van der Waals surface area contributed by atoms with Gasteiger partial charge in [0, 0.05) is 0 Å². The van der Waals surface area contributed by atoms with Crippen molar-refractivity contribution in [2.24, 2.45) is 0 Å². The molecule has 0 spiro atoms. The van der Waals surface area contributed by atoms with E-state index in [2.05, 4.69) is 0 Å². The number of aromatic hydroxyl groups is 1. The lowest BCUT2D eigenvalue weighted by Gasteiger charge is -1.98. The lowest BCUT2D eigenvalue weighted by atomic mass is 10.3. The van der Waals surface area contributed by atoms with E-state index in [1.807, 2.05) is 0 Å². The minimum absolute atomic E-state index is 0. The van der Waals surface area contributed by atoms with Gasteiger partial charge in [0.15, 0.2) is 17.4 Å². The molecule has 5 heteroatoms. The number of phenolic OH excluding ortho intramolecular Hbond substituents is 1. The molecule has 0 atom stereocenters. The van der Waals surface area contributed by atoms with Crippen LogP contribution < -0.4 is 5.73 Å². The van der Waals surface area contributed by atoms with Crippen LogP contribution >= 0.6 is 12.4 Å². The van der Waals surface area contributed by atoms with Crippen LogP contribution in [0.1, 0.15) is 0 Å². The monoisotopic (exact) mass is 181 g/mol. The summed E-state index contributed by atoms with van der Waals surface area (Å²) < 4.78 is 24.6. The number of hydrogen-bond donors (Lipinski definition) is 2. The molecule has 0 saturated heterocycles. The number of benzene rings is 1. The fourth-order valence-corrected chi connectivity index (χ4v) is 0.557. The van der Waals surface area contributed by atoms with E-state index in [1.165, 1.54) is 0 Å². The van der Waals surface area contributed by atoms with Crippen molar-refractivity contribution in [1.82, 2.24) is 0 Å². The van der Waals surface area contributed by atoms with Gasteiger partial charge in [0.2, 0.25) is 0 Å². The van der Waals surface area contributed by atoms with Gasteiger partial charge in [0.25, 0.3) is 0 Å². The maximum Gasteiger partial charge on any atom is 0.190 e. The molecule has 11 heavy (non-hydrogen) atoms. The Hall–Kier alpha value is -1.03. The molecule has 1 rings (SSSR count). The SMILES string of the molecule is Cl.Nc1ccc(F)c(O)c1F. The minimum atomic E-state index is -1.11. The average Bonchev–Trinajstić information content (AvgIpc) is 1.93. The molecule has 0 fully saturated rings. The van der Waals surface area contributed by atoms with Gasteiger partial charge in [-0.25, -0.2) is 8.78 Å². The van der Waals surface area contributed by atoms with Crippen LogP contribution in [0.15, 0.2) is 12.1 Å². The van der Waals surface area contributed by atoms with E-state index >= 15 is 0 Å². The molecule has 0 aromatic heterocycles. The van der Waals surface area contributed by atoms with Crippen molar-refractivity contribution in [2.75, 3.05) is 5.73 Å². The molecule has 0 amide bonds. The van der Waals surface area contributed by atoms with E-state index in [0.29, 0.717) is 0 Å². The van der Waals surface area contributed by atoms with E-state index in [4.69, 9.17) is 10.8 Å². The third-order valence-corrected chi connectivity index (χ3v) is 1.10. The van der Waals surface area contributed by atoms with Gasteiger partial charge in [-0.3, -0.25) is 0 Å². The number of anilines is 1. The third-order valence-electron chi connectivity index (χ3n) is 1.10. The summed E-state index contributed by atoms with van der Waals surface area (Å²) in [6.07, 6.45) is 0. The van der Waals surface area contributed by atoms with E-state index in [1.54, 1.807) is 0 Å². The molecule has 2 nitrogen and oxygen atoms in total. The highest BCUT2D eigenvalue weighted by molar-refractivity contribution is 5.85. The van der Waals surface area contributed by atoms with Gasteiger partial charge in [-0.1, -0.05) is 0 Å². The first-order valence-electron chi connectivity index (χ1n) is 2.55. The molecule has 0 unspecified atom stereocenters. The standard InChI is InChI=1S/C6H5F2NO.ClH/c7-3-1-2-4(9)5(8)6(3)10;/h1-2,10H,9H2;1H. The Labute approximate surface area is 68.0 Å². The molecule has 0 aliphatic rings. The summed E-state index contributed by atoms with van der Waals surface area (Å²) in [4.78, 5) is 0. The highest BCUT2D eigenvalue weighted by atomic mass is 35.5. The maximum absolute atomic E-state index is 12.4. The average molecular weight is 182 g/mol. The summed E-state index contributed by atoms with van der Waals surface area (Å²) in [5.74, 6) is -3.15. The molecule has 1 aromatic carbocycles. The normalized spacial score (nSPS) is 8.91. The Morgan fingerprint density at radius 2 is 1.82 bits per heavy atom. The van der Waals surface area contributed by atoms with Gasteiger partial charge < -0.3 is 10.8 Å². The zero-order chi connectivity index (χ0) is 7.72. The lowest BCUT2D eigenvalue weighted by molar-refractivity contribution is 0.398. The number of halogens is 3. The number of phenols is 1. The second-order valence-corrected chi connectivity index (χ2v) is 1.80. The summed E-state index contributed by atoms with van der Waals surface area (Å²) in [6.45, 7) is 0. The Bertz CT molecular complexity index is 240. The fourth-order valence-electron chi connectivity index (χ4n) is 0.557. The van der Waals surface area contributed by atoms with E-state index in [9.17, 15) is 8.78 Å². The first-order chi connectivity index (χ1) is 4.63. The van der Waals surface area contributed by atoms with Crippen LogP contribution in [0.25, 0.3) is 0 Å². The van der Waals surface area contributed by atoms with Crippen LogP contribution in [-0.2, 0) is 0 Å². The molecular formula is C6H6ClF2NO. The number of nitrogen functional groups attached to an aromatic ring is 1. The first kappa shape index (κ1) is 9.97. The van der Waals surface area contributed by atoms with Gasteiger partial charge in [-0.15, -0.1) is 12.4 Å². The maximum atomic E-state index is 12.4. The Balaban J connectivity index is 0.000001000. The van der Waals surface area contributed by atoms with Gasteiger partial charge in [0.05, 0.1) is 5.69 Å². The molecule has 1 aromatic rings. The summed E-state index contributed by atoms with van der Waals surface area (Å²) >= 11 is 0. The molecular weight excluding hydrogens is 176 g/mol. The molecule has 62 valence electrons. The highest BCUT2D eigenvalue weighted by Gasteiger charge is 2.08. The molecule has 3 N–H and O–H groups in total. The number of hydrogen-bond acceptors (Lipinski definition) is 2. The van der Waals surface area contributed by atoms with Crippen molar-refractivity contribution >= 4 is 18.1 Å². The van der Waals surface area contributed by atoms with Crippen LogP contribution in [-0.4, -0.2) is 5.11 Å². The molecule has 0 heterocycles. The van der Waals surface area contributed by atoms with Crippen molar-refractivity contribution in [1.29, 1.82) is 0 Å². The van der Waals surface area contributed by atoms with Gasteiger partial charge >= 0.3 is 0 Å². The summed E-state index contributed by atoms with van der Waals surface area (Å²) in [6, 6.07) is 1.94. The summed E-state index contributed by atoms with van der Waals surface area (Å²) in [5, 5.41) is 8.56. The fraction of sp³-hybridized carbons (Fsp3) is 0. The van der Waals surface area contributed by atoms with E-state index in [0.717, 1.165) is 12.1 Å². The molecule has 0 radical (unpaired) electrons. The quantitative estimate of drug-likeness (QED) is 0.598. The van der Waals surface area contributed by atoms with E-state index in [-0.39, 0.29) is 18.1 Å². The van der Waals surface area contributed by atoms with Crippen molar-refractivity contribution in [2.45, 2.75) is 0 Å². The lowest BCUT2D eigenvalue weighted by Crippen LogP contribution is -1.91. The van der Waals surface area contributed by atoms with Crippen molar-refractivity contribution in [3.05, 3.63) is 23.8 Å². The molecule has 0 aliphatic carbocycles. The minimum Gasteiger partial charge on any atom is -0.503 e. The van der Waals surface area contributed by atoms with Crippen LogP contribution in [0.2, 0.25) is 0 Å². The Morgan fingerprint density at radius 3 is 2.27 bits per heavy atom.